The molecule has 10 heteroatoms. The highest BCUT2D eigenvalue weighted by Gasteiger charge is 2.14. The van der Waals surface area contributed by atoms with Crippen LogP contribution in [0.3, 0.4) is 0 Å². The second kappa shape index (κ2) is 8.07. The Morgan fingerprint density at radius 2 is 1.93 bits per heavy atom. The zero-order chi connectivity index (χ0) is 20.2. The third-order valence-electron chi connectivity index (χ3n) is 4.05. The monoisotopic (exact) mass is 409 g/mol. The van der Waals surface area contributed by atoms with E-state index in [9.17, 15) is 14.9 Å². The summed E-state index contributed by atoms with van der Waals surface area (Å²) < 4.78 is 7.11. The van der Waals surface area contributed by atoms with Gasteiger partial charge < -0.3 is 4.74 Å². The summed E-state index contributed by atoms with van der Waals surface area (Å²) in [4.78, 5) is 27.4. The van der Waals surface area contributed by atoms with Crippen LogP contribution in [0, 0.1) is 10.1 Å². The van der Waals surface area contributed by atoms with E-state index in [-0.39, 0.29) is 30.6 Å². The maximum atomic E-state index is 12.1. The van der Waals surface area contributed by atoms with Gasteiger partial charge in [-0.05, 0) is 24.3 Å². The van der Waals surface area contributed by atoms with E-state index in [1.165, 1.54) is 23.5 Å². The predicted octanol–water partition coefficient (Wildman–Crippen LogP) is 3.77. The van der Waals surface area contributed by atoms with Crippen LogP contribution in [0.25, 0.3) is 16.2 Å². The van der Waals surface area contributed by atoms with Gasteiger partial charge in [-0.2, -0.15) is 4.98 Å². The molecular weight excluding hydrogens is 394 g/mol. The number of ether oxygens (including phenoxy) is 1. The number of amides is 1. The average molecular weight is 409 g/mol. The number of nitrogens with zero attached hydrogens (tertiary/aromatic N) is 4. The molecule has 9 nitrogen and oxygen atoms in total. The normalized spacial score (nSPS) is 10.8. The molecule has 4 aromatic rings. The summed E-state index contributed by atoms with van der Waals surface area (Å²) in [6.45, 7) is 0.242. The molecule has 29 heavy (non-hydrogen) atoms. The molecule has 0 radical (unpaired) electrons. The number of para-hydroxylation sites is 1. The van der Waals surface area contributed by atoms with Crippen molar-refractivity contribution < 1.29 is 14.5 Å². The molecule has 0 aliphatic heterocycles. The molecule has 1 amide bonds. The number of fused-ring (bicyclic) bond motifs is 1. The van der Waals surface area contributed by atoms with Crippen LogP contribution in [0.4, 0.5) is 11.6 Å². The Kier molecular flexibility index (Phi) is 5.16. The zero-order valence-electron chi connectivity index (χ0n) is 15.0. The van der Waals surface area contributed by atoms with Crippen LogP contribution in [0.2, 0.25) is 0 Å². The number of anilines is 1. The van der Waals surface area contributed by atoms with Crippen LogP contribution in [0.5, 0.6) is 5.75 Å². The number of nitro groups is 1. The number of thiazole rings is 1. The SMILES string of the molecule is O=C(CCOc1ccccc1)Nc1nc2scc(-c3ccc([N+](=O)[O-])cc3)n2n1. The first-order chi connectivity index (χ1) is 14.1. The molecule has 0 aliphatic carbocycles. The largest absolute Gasteiger partial charge is 0.493 e. The van der Waals surface area contributed by atoms with Crippen LogP contribution >= 0.6 is 11.3 Å². The lowest BCUT2D eigenvalue weighted by atomic mass is 10.1. The molecule has 0 saturated carbocycles. The highest BCUT2D eigenvalue weighted by molar-refractivity contribution is 7.15. The quantitative estimate of drug-likeness (QED) is 0.367. The van der Waals surface area contributed by atoms with Crippen LogP contribution in [-0.4, -0.2) is 32.0 Å². The van der Waals surface area contributed by atoms with E-state index in [0.29, 0.717) is 10.7 Å². The number of nitro benzene ring substituents is 1. The van der Waals surface area contributed by atoms with E-state index in [0.717, 1.165) is 11.3 Å². The number of nitrogens with one attached hydrogen (secondary N) is 1. The lowest BCUT2D eigenvalue weighted by molar-refractivity contribution is -0.384. The maximum Gasteiger partial charge on any atom is 0.269 e. The van der Waals surface area contributed by atoms with Gasteiger partial charge in [0.05, 0.1) is 23.6 Å². The standard InChI is InChI=1S/C19H15N5O4S/c25-17(10-11-28-15-4-2-1-3-5-15)20-18-21-19-23(22-18)16(12-29-19)13-6-8-14(9-7-13)24(26)27/h1-9,12H,10-11H2,(H,20,22,25). The first kappa shape index (κ1) is 18.6. The van der Waals surface area contributed by atoms with Gasteiger partial charge in [-0.25, -0.2) is 4.52 Å². The van der Waals surface area contributed by atoms with Crippen molar-refractivity contribution in [1.82, 2.24) is 14.6 Å². The minimum absolute atomic E-state index is 0.0180. The molecule has 0 aliphatic rings. The number of carbonyl (C=O) groups is 1. The van der Waals surface area contributed by atoms with Crippen LogP contribution in [0.1, 0.15) is 6.42 Å². The second-order valence-electron chi connectivity index (χ2n) is 6.01. The van der Waals surface area contributed by atoms with E-state index >= 15 is 0 Å². The summed E-state index contributed by atoms with van der Waals surface area (Å²) in [5.41, 5.74) is 1.52. The summed E-state index contributed by atoms with van der Waals surface area (Å²) in [6.07, 6.45) is 0.164. The van der Waals surface area contributed by atoms with Crippen LogP contribution < -0.4 is 10.1 Å². The molecule has 2 heterocycles. The molecule has 4 rings (SSSR count). The van der Waals surface area contributed by atoms with Gasteiger partial charge in [0.25, 0.3) is 5.69 Å². The topological polar surface area (TPSA) is 112 Å². The van der Waals surface area contributed by atoms with Crippen molar-refractivity contribution in [2.45, 2.75) is 6.42 Å². The Morgan fingerprint density at radius 3 is 2.66 bits per heavy atom. The fourth-order valence-electron chi connectivity index (χ4n) is 2.65. The highest BCUT2D eigenvalue weighted by atomic mass is 32.1. The van der Waals surface area contributed by atoms with Gasteiger partial charge in [0, 0.05) is 23.1 Å². The lowest BCUT2D eigenvalue weighted by Gasteiger charge is -2.05. The third-order valence-corrected chi connectivity index (χ3v) is 4.86. The minimum atomic E-state index is -0.447. The number of carbonyl (C=O) groups excluding carboxylic acids is 1. The summed E-state index contributed by atoms with van der Waals surface area (Å²) in [5.74, 6) is 0.648. The summed E-state index contributed by atoms with van der Waals surface area (Å²) >= 11 is 1.36. The first-order valence-corrected chi connectivity index (χ1v) is 9.55. The molecule has 2 aromatic carbocycles. The van der Waals surface area contributed by atoms with Crippen molar-refractivity contribution in [3.8, 4) is 17.0 Å². The Labute approximate surface area is 168 Å². The summed E-state index contributed by atoms with van der Waals surface area (Å²) in [5, 5.41) is 19.6. The van der Waals surface area contributed by atoms with Gasteiger partial charge in [0.15, 0.2) is 0 Å². The minimum Gasteiger partial charge on any atom is -0.493 e. The fourth-order valence-corrected chi connectivity index (χ4v) is 3.48. The van der Waals surface area contributed by atoms with Crippen LogP contribution in [0.15, 0.2) is 60.0 Å². The molecule has 1 N–H and O–H groups in total. The number of hydrogen-bond acceptors (Lipinski definition) is 7. The number of non-ortho nitro benzene ring substituents is 1. The van der Waals surface area contributed by atoms with E-state index in [2.05, 4.69) is 15.4 Å². The maximum absolute atomic E-state index is 12.1. The van der Waals surface area contributed by atoms with E-state index in [1.807, 2.05) is 35.7 Å². The predicted molar refractivity (Wildman–Crippen MR) is 108 cm³/mol. The van der Waals surface area contributed by atoms with Crippen LogP contribution in [-0.2, 0) is 4.79 Å². The van der Waals surface area contributed by atoms with Gasteiger partial charge in [-0.3, -0.25) is 20.2 Å². The smallest absolute Gasteiger partial charge is 0.269 e. The molecule has 0 atom stereocenters. The molecular formula is C19H15N5O4S. The molecule has 2 aromatic heterocycles. The third kappa shape index (κ3) is 4.22. The van der Waals surface area contributed by atoms with Gasteiger partial charge in [-0.15, -0.1) is 16.4 Å². The Bertz CT molecular complexity index is 1150. The fraction of sp³-hybridized carbons (Fsp3) is 0.105. The van der Waals surface area contributed by atoms with Gasteiger partial charge in [0.1, 0.15) is 5.75 Å². The van der Waals surface area contributed by atoms with Gasteiger partial charge >= 0.3 is 0 Å². The highest BCUT2D eigenvalue weighted by Crippen LogP contribution is 2.27. The average Bonchev–Trinajstić information content (AvgIpc) is 3.29. The molecule has 0 unspecified atom stereocenters. The summed E-state index contributed by atoms with van der Waals surface area (Å²) in [7, 11) is 0. The van der Waals surface area contributed by atoms with Gasteiger partial charge in [-0.1, -0.05) is 18.2 Å². The number of aromatic nitrogens is 3. The molecule has 0 spiro atoms. The van der Waals surface area contributed by atoms with Crippen molar-refractivity contribution in [3.05, 3.63) is 70.1 Å². The number of benzene rings is 2. The van der Waals surface area contributed by atoms with Crippen molar-refractivity contribution in [1.29, 1.82) is 0 Å². The van der Waals surface area contributed by atoms with Gasteiger partial charge in [0.2, 0.25) is 16.8 Å². The number of rotatable bonds is 7. The number of hydrogen-bond donors (Lipinski definition) is 1. The van der Waals surface area contributed by atoms with Crippen molar-refractivity contribution in [3.63, 3.8) is 0 Å². The van der Waals surface area contributed by atoms with Crippen molar-refractivity contribution in [2.75, 3.05) is 11.9 Å². The first-order valence-electron chi connectivity index (χ1n) is 8.67. The second-order valence-corrected chi connectivity index (χ2v) is 6.85. The summed E-state index contributed by atoms with van der Waals surface area (Å²) in [6, 6.07) is 15.4. The van der Waals surface area contributed by atoms with Crippen molar-refractivity contribution >= 4 is 33.8 Å². The molecule has 0 saturated heterocycles. The van der Waals surface area contributed by atoms with E-state index in [4.69, 9.17) is 4.74 Å². The Hall–Kier alpha value is -3.79. The van der Waals surface area contributed by atoms with Crippen molar-refractivity contribution in [2.24, 2.45) is 0 Å². The molecule has 0 bridgehead atoms. The molecule has 0 fully saturated rings. The Balaban J connectivity index is 1.41. The lowest BCUT2D eigenvalue weighted by Crippen LogP contribution is -2.16. The zero-order valence-corrected chi connectivity index (χ0v) is 15.8. The van der Waals surface area contributed by atoms with E-state index in [1.54, 1.807) is 16.6 Å². The molecule has 146 valence electrons. The Morgan fingerprint density at radius 1 is 1.17 bits per heavy atom. The van der Waals surface area contributed by atoms with E-state index < -0.39 is 4.92 Å².